The van der Waals surface area contributed by atoms with E-state index in [1.165, 1.54) is 42.8 Å². The van der Waals surface area contributed by atoms with E-state index in [1.54, 1.807) is 6.20 Å². The van der Waals surface area contributed by atoms with E-state index in [2.05, 4.69) is 15.0 Å². The molecular weight excluding hydrogens is 256 g/mol. The molecule has 1 aromatic rings. The van der Waals surface area contributed by atoms with Crippen molar-refractivity contribution in [3.63, 3.8) is 0 Å². The molecule has 0 aromatic carbocycles. The predicted molar refractivity (Wildman–Crippen MR) is 72.0 cm³/mol. The Morgan fingerprint density at radius 2 is 2.35 bits per heavy atom. The van der Waals surface area contributed by atoms with Crippen molar-refractivity contribution in [2.45, 2.75) is 12.8 Å². The molecular formula is C11H16N2O2S2. The van der Waals surface area contributed by atoms with Crippen LogP contribution in [0.3, 0.4) is 0 Å². The lowest BCUT2D eigenvalue weighted by atomic mass is 10.0. The minimum atomic E-state index is -0.315. The van der Waals surface area contributed by atoms with Crippen LogP contribution in [0.1, 0.15) is 22.5 Å². The van der Waals surface area contributed by atoms with E-state index in [1.807, 2.05) is 11.8 Å². The molecule has 0 spiro atoms. The van der Waals surface area contributed by atoms with Crippen molar-refractivity contribution >= 4 is 34.2 Å². The highest BCUT2D eigenvalue weighted by atomic mass is 32.2. The van der Waals surface area contributed by atoms with E-state index in [0.29, 0.717) is 4.88 Å². The first-order valence-electron chi connectivity index (χ1n) is 5.65. The molecule has 1 fully saturated rings. The van der Waals surface area contributed by atoms with Gasteiger partial charge in [0.05, 0.1) is 13.3 Å². The summed E-state index contributed by atoms with van der Waals surface area (Å²) < 4.78 is 4.65. The fourth-order valence-corrected chi connectivity index (χ4v) is 3.68. The maximum Gasteiger partial charge on any atom is 0.349 e. The second-order valence-corrected chi connectivity index (χ2v) is 6.21. The summed E-state index contributed by atoms with van der Waals surface area (Å²) in [6, 6.07) is 0. The Hall–Kier alpha value is -0.750. The Kier molecular flexibility index (Phi) is 4.67. The predicted octanol–water partition coefficient (Wildman–Crippen LogP) is 2.48. The van der Waals surface area contributed by atoms with E-state index < -0.39 is 0 Å². The zero-order valence-corrected chi connectivity index (χ0v) is 11.4. The first kappa shape index (κ1) is 12.7. The molecule has 1 aromatic heterocycles. The molecule has 0 bridgehead atoms. The molecule has 0 aliphatic carbocycles. The topological polar surface area (TPSA) is 51.2 Å². The molecule has 0 atom stereocenters. The molecule has 1 saturated heterocycles. The minimum absolute atomic E-state index is 0.315. The van der Waals surface area contributed by atoms with Crippen molar-refractivity contribution < 1.29 is 9.53 Å². The van der Waals surface area contributed by atoms with Crippen LogP contribution < -0.4 is 5.32 Å². The maximum atomic E-state index is 11.3. The molecule has 94 valence electrons. The van der Waals surface area contributed by atoms with E-state index in [9.17, 15) is 4.79 Å². The van der Waals surface area contributed by atoms with Crippen LogP contribution in [0.5, 0.6) is 0 Å². The Morgan fingerprint density at radius 3 is 3.06 bits per heavy atom. The van der Waals surface area contributed by atoms with Gasteiger partial charge in [0, 0.05) is 6.54 Å². The number of ether oxygens (including phenoxy) is 1. The van der Waals surface area contributed by atoms with Crippen molar-refractivity contribution in [3.8, 4) is 0 Å². The number of nitrogens with zero attached hydrogens (tertiary/aromatic N) is 1. The van der Waals surface area contributed by atoms with Gasteiger partial charge in [0.1, 0.15) is 4.88 Å². The number of carbonyl (C=O) groups is 1. The normalized spacial score (nSPS) is 16.8. The van der Waals surface area contributed by atoms with Crippen LogP contribution in [0.4, 0.5) is 5.13 Å². The molecule has 0 saturated carbocycles. The molecule has 0 radical (unpaired) electrons. The monoisotopic (exact) mass is 272 g/mol. The summed E-state index contributed by atoms with van der Waals surface area (Å²) in [5, 5.41) is 4.11. The van der Waals surface area contributed by atoms with Crippen molar-refractivity contribution in [2.24, 2.45) is 5.92 Å². The number of thiazole rings is 1. The fraction of sp³-hybridized carbons (Fsp3) is 0.636. The minimum Gasteiger partial charge on any atom is -0.465 e. The number of aromatic nitrogens is 1. The van der Waals surface area contributed by atoms with Crippen LogP contribution in [0.25, 0.3) is 0 Å². The van der Waals surface area contributed by atoms with Gasteiger partial charge in [0.15, 0.2) is 5.13 Å². The lowest BCUT2D eigenvalue weighted by Gasteiger charge is -2.21. The number of hydrogen-bond donors (Lipinski definition) is 1. The van der Waals surface area contributed by atoms with Crippen LogP contribution in [-0.2, 0) is 4.74 Å². The van der Waals surface area contributed by atoms with Gasteiger partial charge >= 0.3 is 5.97 Å². The SMILES string of the molecule is COC(=O)c1cnc(NCC2CCSCC2)s1. The van der Waals surface area contributed by atoms with Crippen molar-refractivity contribution in [3.05, 3.63) is 11.1 Å². The third kappa shape index (κ3) is 3.61. The molecule has 1 N–H and O–H groups in total. The number of thioether (sulfide) groups is 1. The van der Waals surface area contributed by atoms with Gasteiger partial charge in [-0.3, -0.25) is 0 Å². The van der Waals surface area contributed by atoms with Gasteiger partial charge in [-0.15, -0.1) is 0 Å². The number of esters is 1. The van der Waals surface area contributed by atoms with Crippen LogP contribution >= 0.6 is 23.1 Å². The van der Waals surface area contributed by atoms with Crippen LogP contribution in [-0.4, -0.2) is 36.1 Å². The molecule has 0 unspecified atom stereocenters. The zero-order chi connectivity index (χ0) is 12.1. The Morgan fingerprint density at radius 1 is 1.59 bits per heavy atom. The highest BCUT2D eigenvalue weighted by molar-refractivity contribution is 7.99. The quantitative estimate of drug-likeness (QED) is 0.853. The van der Waals surface area contributed by atoms with E-state index in [4.69, 9.17) is 0 Å². The van der Waals surface area contributed by atoms with Crippen LogP contribution in [0.15, 0.2) is 6.20 Å². The van der Waals surface area contributed by atoms with Gasteiger partial charge in [-0.05, 0) is 30.3 Å². The molecule has 0 amide bonds. The Bertz CT molecular complexity index is 375. The van der Waals surface area contributed by atoms with E-state index >= 15 is 0 Å². The molecule has 1 aliphatic rings. The third-order valence-corrected chi connectivity index (χ3v) is 4.76. The van der Waals surface area contributed by atoms with Crippen molar-refractivity contribution in [1.82, 2.24) is 4.98 Å². The molecule has 17 heavy (non-hydrogen) atoms. The average molecular weight is 272 g/mol. The van der Waals surface area contributed by atoms with Gasteiger partial charge < -0.3 is 10.1 Å². The van der Waals surface area contributed by atoms with Gasteiger partial charge in [-0.1, -0.05) is 11.3 Å². The molecule has 2 rings (SSSR count). The summed E-state index contributed by atoms with van der Waals surface area (Å²) in [7, 11) is 1.38. The number of anilines is 1. The van der Waals surface area contributed by atoms with Gasteiger partial charge in [0.2, 0.25) is 0 Å². The van der Waals surface area contributed by atoms with Crippen LogP contribution in [0, 0.1) is 5.92 Å². The smallest absolute Gasteiger partial charge is 0.349 e. The average Bonchev–Trinajstić information content (AvgIpc) is 2.85. The molecule has 6 heteroatoms. The number of carbonyl (C=O) groups excluding carboxylic acids is 1. The Balaban J connectivity index is 1.82. The number of methoxy groups -OCH3 is 1. The second kappa shape index (κ2) is 6.26. The maximum absolute atomic E-state index is 11.3. The lowest BCUT2D eigenvalue weighted by Crippen LogP contribution is -2.18. The summed E-state index contributed by atoms with van der Waals surface area (Å²) in [6.07, 6.45) is 4.11. The zero-order valence-electron chi connectivity index (χ0n) is 9.77. The van der Waals surface area contributed by atoms with Crippen molar-refractivity contribution in [2.75, 3.05) is 30.5 Å². The second-order valence-electron chi connectivity index (χ2n) is 3.96. The molecule has 4 nitrogen and oxygen atoms in total. The Labute approximate surface area is 109 Å². The summed E-state index contributed by atoms with van der Waals surface area (Å²) in [4.78, 5) is 16.0. The summed E-state index contributed by atoms with van der Waals surface area (Å²) in [6.45, 7) is 0.953. The summed E-state index contributed by atoms with van der Waals surface area (Å²) in [5.41, 5.74) is 0. The van der Waals surface area contributed by atoms with E-state index in [0.717, 1.165) is 17.6 Å². The lowest BCUT2D eigenvalue weighted by molar-refractivity contribution is 0.0606. The highest BCUT2D eigenvalue weighted by Gasteiger charge is 2.15. The highest BCUT2D eigenvalue weighted by Crippen LogP contribution is 2.24. The largest absolute Gasteiger partial charge is 0.465 e. The molecule has 2 heterocycles. The number of nitrogens with one attached hydrogen (secondary N) is 1. The number of rotatable bonds is 4. The first-order valence-corrected chi connectivity index (χ1v) is 7.62. The standard InChI is InChI=1S/C11H16N2O2S2/c1-15-10(14)9-7-13-11(17-9)12-6-8-2-4-16-5-3-8/h7-8H,2-6H2,1H3,(H,12,13). The number of hydrogen-bond acceptors (Lipinski definition) is 6. The molecule has 1 aliphatic heterocycles. The van der Waals surface area contributed by atoms with Gasteiger partial charge in [0.25, 0.3) is 0 Å². The van der Waals surface area contributed by atoms with Crippen molar-refractivity contribution in [1.29, 1.82) is 0 Å². The van der Waals surface area contributed by atoms with Crippen LogP contribution in [0.2, 0.25) is 0 Å². The fourth-order valence-electron chi connectivity index (χ4n) is 1.73. The summed E-state index contributed by atoms with van der Waals surface area (Å²) in [5.74, 6) is 2.95. The van der Waals surface area contributed by atoms with E-state index in [-0.39, 0.29) is 5.97 Å². The van der Waals surface area contributed by atoms with Gasteiger partial charge in [-0.25, -0.2) is 9.78 Å². The first-order chi connectivity index (χ1) is 8.29. The summed E-state index contributed by atoms with van der Waals surface area (Å²) >= 11 is 3.38. The van der Waals surface area contributed by atoms with Gasteiger partial charge in [-0.2, -0.15) is 11.8 Å². The third-order valence-electron chi connectivity index (χ3n) is 2.78.